The van der Waals surface area contributed by atoms with Crippen LogP contribution in [0.5, 0.6) is 5.75 Å². The minimum Gasteiger partial charge on any atom is -0.494 e. The van der Waals surface area contributed by atoms with E-state index >= 15 is 0 Å². The zero-order valence-electron chi connectivity index (χ0n) is 15.6. The fourth-order valence-corrected chi connectivity index (χ4v) is 2.90. The first-order valence-corrected chi connectivity index (χ1v) is 9.14. The summed E-state index contributed by atoms with van der Waals surface area (Å²) in [4.78, 5) is 14.5. The largest absolute Gasteiger partial charge is 0.494 e. The van der Waals surface area contributed by atoms with Crippen LogP contribution in [0, 0.1) is 5.41 Å². The van der Waals surface area contributed by atoms with E-state index in [0.717, 1.165) is 31.0 Å². The molecule has 1 atom stereocenters. The van der Waals surface area contributed by atoms with Crippen molar-refractivity contribution in [2.24, 2.45) is 5.41 Å². The maximum atomic E-state index is 12.0. The molecule has 0 spiro atoms. The lowest BCUT2D eigenvalue weighted by Gasteiger charge is -2.33. The molecule has 1 N–H and O–H groups in total. The number of hydrogen-bond acceptors (Lipinski definition) is 3. The molecule has 0 unspecified atom stereocenters. The molecule has 1 fully saturated rings. The van der Waals surface area contributed by atoms with Crippen LogP contribution in [0.2, 0.25) is 0 Å². The van der Waals surface area contributed by atoms with Crippen LogP contribution in [-0.2, 0) is 4.79 Å². The Hall–Kier alpha value is -1.55. The number of nitrogens with zero attached hydrogens (tertiary/aromatic N) is 1. The van der Waals surface area contributed by atoms with Gasteiger partial charge in [-0.3, -0.25) is 4.79 Å². The molecule has 0 radical (unpaired) electrons. The van der Waals surface area contributed by atoms with Crippen LogP contribution < -0.4 is 10.1 Å². The van der Waals surface area contributed by atoms with E-state index < -0.39 is 0 Å². The normalized spacial score (nSPS) is 19.1. The van der Waals surface area contributed by atoms with Crippen LogP contribution in [0.4, 0.5) is 5.69 Å². The number of carbonyl (C=O) groups excluding carboxylic acids is 1. The van der Waals surface area contributed by atoms with E-state index in [1.54, 1.807) is 0 Å². The number of carbonyl (C=O) groups is 1. The third-order valence-corrected chi connectivity index (χ3v) is 4.59. The zero-order chi connectivity index (χ0) is 17.6. The average molecular weight is 332 g/mol. The van der Waals surface area contributed by atoms with E-state index in [9.17, 15) is 4.79 Å². The summed E-state index contributed by atoms with van der Waals surface area (Å²) in [6.45, 7) is 11.1. The van der Waals surface area contributed by atoms with Crippen LogP contribution in [0.3, 0.4) is 0 Å². The summed E-state index contributed by atoms with van der Waals surface area (Å²) in [6.07, 6.45) is 5.06. The summed E-state index contributed by atoms with van der Waals surface area (Å²) in [5.41, 5.74) is 0.422. The second-order valence-electron chi connectivity index (χ2n) is 7.81. The molecule has 4 nitrogen and oxygen atoms in total. The molecule has 1 aromatic rings. The van der Waals surface area contributed by atoms with Crippen LogP contribution in [0.25, 0.3) is 0 Å². The molecule has 1 aliphatic rings. The first-order chi connectivity index (χ1) is 11.4. The van der Waals surface area contributed by atoms with Crippen molar-refractivity contribution in [1.29, 1.82) is 0 Å². The highest BCUT2D eigenvalue weighted by Gasteiger charge is 2.21. The van der Waals surface area contributed by atoms with Gasteiger partial charge in [0.1, 0.15) is 5.75 Å². The molecule has 0 aromatic heterocycles. The molecule has 1 amide bonds. The minimum absolute atomic E-state index is 0.0202. The zero-order valence-corrected chi connectivity index (χ0v) is 15.6. The molecule has 134 valence electrons. The summed E-state index contributed by atoms with van der Waals surface area (Å²) < 4.78 is 5.82. The molecule has 1 aliphatic heterocycles. The van der Waals surface area contributed by atoms with Gasteiger partial charge in [-0.15, -0.1) is 0 Å². The first-order valence-electron chi connectivity index (χ1n) is 9.14. The van der Waals surface area contributed by atoms with Crippen molar-refractivity contribution in [2.45, 2.75) is 59.4 Å². The Morgan fingerprint density at radius 2 is 1.96 bits per heavy atom. The molecule has 0 aliphatic carbocycles. The number of hydrogen-bond donors (Lipinski definition) is 1. The van der Waals surface area contributed by atoms with Crippen LogP contribution >= 0.6 is 0 Å². The van der Waals surface area contributed by atoms with Gasteiger partial charge in [0.25, 0.3) is 0 Å². The quantitative estimate of drug-likeness (QED) is 0.789. The second-order valence-corrected chi connectivity index (χ2v) is 7.81. The maximum absolute atomic E-state index is 12.0. The highest BCUT2D eigenvalue weighted by atomic mass is 16.5. The van der Waals surface area contributed by atoms with Crippen LogP contribution in [0.15, 0.2) is 24.3 Å². The molecule has 0 saturated carbocycles. The van der Waals surface area contributed by atoms with Gasteiger partial charge in [-0.25, -0.2) is 0 Å². The summed E-state index contributed by atoms with van der Waals surface area (Å²) in [5.74, 6) is 0.877. The molecule has 1 saturated heterocycles. The van der Waals surface area contributed by atoms with E-state index in [1.807, 2.05) is 45.0 Å². The Morgan fingerprint density at radius 1 is 1.25 bits per heavy atom. The van der Waals surface area contributed by atoms with Crippen molar-refractivity contribution in [3.8, 4) is 5.75 Å². The van der Waals surface area contributed by atoms with Crippen LogP contribution in [-0.4, -0.2) is 36.5 Å². The van der Waals surface area contributed by atoms with E-state index in [-0.39, 0.29) is 11.3 Å². The van der Waals surface area contributed by atoms with Crippen molar-refractivity contribution in [2.75, 3.05) is 25.0 Å². The standard InChI is InChI=1S/C20H32N2O2/c1-16-8-5-6-13-22(16)14-7-15-24-18-11-9-17(10-12-18)21-19(23)20(2,3)4/h9-12,16H,5-8,13-15H2,1-4H3,(H,21,23)/t16-/m1/s1. The highest BCUT2D eigenvalue weighted by molar-refractivity contribution is 5.94. The van der Waals surface area contributed by atoms with Crippen molar-refractivity contribution >= 4 is 11.6 Å². The Balaban J connectivity index is 1.71. The van der Waals surface area contributed by atoms with Gasteiger partial charge in [-0.05, 0) is 57.0 Å². The Kier molecular flexibility index (Phi) is 6.67. The van der Waals surface area contributed by atoms with Crippen molar-refractivity contribution in [3.05, 3.63) is 24.3 Å². The van der Waals surface area contributed by atoms with Crippen molar-refractivity contribution in [1.82, 2.24) is 4.90 Å². The topological polar surface area (TPSA) is 41.6 Å². The molecule has 2 rings (SSSR count). The lowest BCUT2D eigenvalue weighted by Crippen LogP contribution is -2.38. The summed E-state index contributed by atoms with van der Waals surface area (Å²) >= 11 is 0. The Morgan fingerprint density at radius 3 is 2.58 bits per heavy atom. The van der Waals surface area contributed by atoms with E-state index in [2.05, 4.69) is 17.1 Å². The number of amides is 1. The Bertz CT molecular complexity index is 519. The molecule has 4 heteroatoms. The van der Waals surface area contributed by atoms with Gasteiger partial charge in [0.15, 0.2) is 0 Å². The lowest BCUT2D eigenvalue weighted by molar-refractivity contribution is -0.123. The summed E-state index contributed by atoms with van der Waals surface area (Å²) in [6, 6.07) is 8.34. The van der Waals surface area contributed by atoms with Gasteiger partial charge in [0.05, 0.1) is 6.61 Å². The third-order valence-electron chi connectivity index (χ3n) is 4.59. The predicted molar refractivity (Wildman–Crippen MR) is 99.5 cm³/mol. The highest BCUT2D eigenvalue weighted by Crippen LogP contribution is 2.20. The van der Waals surface area contributed by atoms with Gasteiger partial charge in [-0.1, -0.05) is 27.2 Å². The van der Waals surface area contributed by atoms with Crippen molar-refractivity contribution < 1.29 is 9.53 Å². The maximum Gasteiger partial charge on any atom is 0.229 e. The van der Waals surface area contributed by atoms with Gasteiger partial charge in [-0.2, -0.15) is 0 Å². The SMILES string of the molecule is C[C@@H]1CCCCN1CCCOc1ccc(NC(=O)C(C)(C)C)cc1. The minimum atomic E-state index is -0.388. The molecule has 1 heterocycles. The molecule has 1 aromatic carbocycles. The third kappa shape index (κ3) is 5.82. The van der Waals surface area contributed by atoms with Crippen LogP contribution in [0.1, 0.15) is 53.4 Å². The van der Waals surface area contributed by atoms with E-state index in [1.165, 1.54) is 25.8 Å². The number of likely N-dealkylation sites (tertiary alicyclic amines) is 1. The number of ether oxygens (including phenoxy) is 1. The predicted octanol–water partition coefficient (Wildman–Crippen LogP) is 4.31. The molecule has 24 heavy (non-hydrogen) atoms. The number of nitrogens with one attached hydrogen (secondary N) is 1. The summed E-state index contributed by atoms with van der Waals surface area (Å²) in [7, 11) is 0. The number of piperidine rings is 1. The summed E-state index contributed by atoms with van der Waals surface area (Å²) in [5, 5.41) is 2.92. The van der Waals surface area contributed by atoms with Crippen molar-refractivity contribution in [3.63, 3.8) is 0 Å². The van der Waals surface area contributed by atoms with E-state index in [0.29, 0.717) is 6.04 Å². The number of anilines is 1. The molecule has 0 bridgehead atoms. The number of rotatable bonds is 6. The van der Waals surface area contributed by atoms with E-state index in [4.69, 9.17) is 4.74 Å². The molecular weight excluding hydrogens is 300 g/mol. The van der Waals surface area contributed by atoms with Gasteiger partial charge in [0.2, 0.25) is 5.91 Å². The van der Waals surface area contributed by atoms with Gasteiger partial charge < -0.3 is 15.0 Å². The molecular formula is C20H32N2O2. The Labute approximate surface area is 146 Å². The fourth-order valence-electron chi connectivity index (χ4n) is 2.90. The van der Waals surface area contributed by atoms with Gasteiger partial charge >= 0.3 is 0 Å². The number of benzene rings is 1. The average Bonchev–Trinajstić information content (AvgIpc) is 2.53. The smallest absolute Gasteiger partial charge is 0.229 e. The monoisotopic (exact) mass is 332 g/mol. The second kappa shape index (κ2) is 8.52. The van der Waals surface area contributed by atoms with Gasteiger partial charge in [0, 0.05) is 23.7 Å². The first kappa shape index (κ1) is 18.8. The lowest BCUT2D eigenvalue weighted by atomic mass is 9.95. The fraction of sp³-hybridized carbons (Fsp3) is 0.650.